The maximum absolute atomic E-state index is 13.5. The van der Waals surface area contributed by atoms with Crippen molar-refractivity contribution in [2.24, 2.45) is 32.1 Å². The number of aromatic nitrogens is 3. The molecule has 1 fully saturated rings. The first kappa shape index (κ1) is 61.1. The number of amides is 6. The molecule has 0 aliphatic carbocycles. The van der Waals surface area contributed by atoms with E-state index in [1.165, 1.54) is 18.2 Å². The molecule has 23 nitrogen and oxygen atoms in total. The lowest BCUT2D eigenvalue weighted by atomic mass is 10.0. The highest BCUT2D eigenvalue weighted by molar-refractivity contribution is 6.13. The summed E-state index contributed by atoms with van der Waals surface area (Å²) in [6, 6.07) is 8.20. The highest BCUT2D eigenvalue weighted by Gasteiger charge is 2.34. The number of Topliss-reactive ketones (excluding diaryl/α,β-unsaturated/α-hetero) is 3. The largest absolute Gasteiger partial charge is 0.493 e. The number of ketones is 3. The predicted octanol–water partition coefficient (Wildman–Crippen LogP) is 5.32. The van der Waals surface area contributed by atoms with E-state index in [1.807, 2.05) is 6.92 Å². The van der Waals surface area contributed by atoms with Crippen LogP contribution in [0.15, 0.2) is 78.2 Å². The number of aryl methyl sites for hydroxylation is 4. The first-order valence-corrected chi connectivity index (χ1v) is 27.3. The van der Waals surface area contributed by atoms with E-state index in [0.717, 1.165) is 16.0 Å². The standard InChI is InChI=1S/C59H71N9O14/c1-37-24-43-32-61-47-31-52(38(2)26-46(47)58(77)68(43)33-37)81-19-8-11-53(72)62-41-29-48(65(5)35-41)51(71)28-40-27-49(64(4)34-40)57(76)63-42-30-50(66(6)36-42)56(75)60-16-9-20-82-59(78)39(3)25-45(70)15-21-80-23-22-79-18-7-10-44(69)14-17-67-54(73)12-13-55(67)74/h12-13,26-27,29-32,34-36,39,43H,1,7-11,14-25,28,33H2,2-6H3,(H,60,75)(H,62,72)(H,63,76)/t39-,43-/m1/s1. The number of rotatable bonds is 32. The Kier molecular flexibility index (Phi) is 21.4. The summed E-state index contributed by atoms with van der Waals surface area (Å²) in [5, 5.41) is 8.44. The van der Waals surface area contributed by atoms with E-state index >= 15 is 0 Å². The Labute approximate surface area is 475 Å². The van der Waals surface area contributed by atoms with Gasteiger partial charge in [0.2, 0.25) is 5.91 Å². The van der Waals surface area contributed by atoms with E-state index in [-0.39, 0.29) is 131 Å². The molecule has 1 aromatic carbocycles. The Bertz CT molecular complexity index is 3160. The number of anilines is 2. The molecule has 2 atom stereocenters. The fourth-order valence-corrected chi connectivity index (χ4v) is 9.55. The van der Waals surface area contributed by atoms with Gasteiger partial charge in [-0.25, -0.2) is 0 Å². The van der Waals surface area contributed by atoms with Crippen molar-refractivity contribution in [1.29, 1.82) is 0 Å². The summed E-state index contributed by atoms with van der Waals surface area (Å²) in [4.78, 5) is 134. The third kappa shape index (κ3) is 16.8. The lowest BCUT2D eigenvalue weighted by Gasteiger charge is -2.20. The second-order valence-corrected chi connectivity index (χ2v) is 20.7. The molecule has 0 bridgehead atoms. The van der Waals surface area contributed by atoms with Gasteiger partial charge >= 0.3 is 5.97 Å². The van der Waals surface area contributed by atoms with E-state index in [0.29, 0.717) is 78.5 Å². The minimum absolute atomic E-state index is 0.0174. The number of benzene rings is 1. The van der Waals surface area contributed by atoms with Crippen molar-refractivity contribution < 1.29 is 66.9 Å². The van der Waals surface area contributed by atoms with E-state index in [1.54, 1.807) is 95.7 Å². The summed E-state index contributed by atoms with van der Waals surface area (Å²) >= 11 is 0. The fraction of sp³-hybridized carbons (Fsp3) is 0.441. The molecule has 436 valence electrons. The Hall–Kier alpha value is -8.57. The molecule has 3 aromatic heterocycles. The first-order valence-electron chi connectivity index (χ1n) is 27.3. The number of ether oxygens (including phenoxy) is 4. The molecule has 4 aromatic rings. The highest BCUT2D eigenvalue weighted by atomic mass is 16.5. The molecule has 7 rings (SSSR count). The van der Waals surface area contributed by atoms with Crippen LogP contribution in [0.25, 0.3) is 0 Å². The summed E-state index contributed by atoms with van der Waals surface area (Å²) in [5.41, 5.74) is 5.17. The second-order valence-electron chi connectivity index (χ2n) is 20.7. The molecule has 82 heavy (non-hydrogen) atoms. The van der Waals surface area contributed by atoms with E-state index in [2.05, 4.69) is 27.5 Å². The van der Waals surface area contributed by atoms with Crippen molar-refractivity contribution >= 4 is 82.0 Å². The van der Waals surface area contributed by atoms with Crippen LogP contribution in [0.5, 0.6) is 5.75 Å². The van der Waals surface area contributed by atoms with Gasteiger partial charge in [-0.15, -0.1) is 0 Å². The van der Waals surface area contributed by atoms with Gasteiger partial charge in [0.05, 0.1) is 73.3 Å². The van der Waals surface area contributed by atoms with Gasteiger partial charge in [0.15, 0.2) is 5.78 Å². The summed E-state index contributed by atoms with van der Waals surface area (Å²) < 4.78 is 27.1. The number of carbonyl (C=O) groups excluding carboxylic acids is 10. The number of fused-ring (bicyclic) bond motifs is 2. The SMILES string of the molecule is C=C1C[C@@H]2C=Nc3cc(OCCCC(=O)Nc4cc(C(=O)Cc5cc(C(=O)Nc6cc(C(=O)NCCCOC(=O)[C@H](C)CC(=O)CCOCCOCCCC(=O)CCN7C(=O)C=CC7=O)n(C)c6)n(C)c5)n(C)c4)c(C)cc3C(=O)N2C1. The quantitative estimate of drug-likeness (QED) is 0.0184. The van der Waals surface area contributed by atoms with Crippen molar-refractivity contribution in [2.45, 2.75) is 84.1 Å². The summed E-state index contributed by atoms with van der Waals surface area (Å²) in [6.45, 7) is 9.53. The minimum Gasteiger partial charge on any atom is -0.493 e. The molecule has 6 amide bonds. The van der Waals surface area contributed by atoms with Gasteiger partial charge in [0.25, 0.3) is 29.5 Å². The molecule has 3 N–H and O–H groups in total. The van der Waals surface area contributed by atoms with Crippen LogP contribution in [0.1, 0.15) is 118 Å². The van der Waals surface area contributed by atoms with Crippen molar-refractivity contribution in [3.63, 3.8) is 0 Å². The summed E-state index contributed by atoms with van der Waals surface area (Å²) in [5.74, 6) is -3.13. The molecule has 23 heteroatoms. The van der Waals surface area contributed by atoms with Crippen LogP contribution in [-0.2, 0) is 70.5 Å². The maximum Gasteiger partial charge on any atom is 0.309 e. The molecule has 0 saturated carbocycles. The van der Waals surface area contributed by atoms with Crippen LogP contribution in [0.2, 0.25) is 0 Å². The van der Waals surface area contributed by atoms with Crippen LogP contribution < -0.4 is 20.7 Å². The number of hydrogen-bond acceptors (Lipinski definition) is 15. The average Bonchev–Trinajstić information content (AvgIpc) is 4.39. The number of carbonyl (C=O) groups is 10. The second kappa shape index (κ2) is 28.7. The van der Waals surface area contributed by atoms with Crippen molar-refractivity contribution in [3.8, 4) is 5.75 Å². The van der Waals surface area contributed by atoms with Gasteiger partial charge in [-0.3, -0.25) is 57.8 Å². The number of nitrogens with zero attached hydrogens (tertiary/aromatic N) is 6. The van der Waals surface area contributed by atoms with E-state index in [9.17, 15) is 47.9 Å². The molecule has 3 aliphatic heterocycles. The Balaban J connectivity index is 0.737. The molecular formula is C59H71N9O14. The Morgan fingerprint density at radius 3 is 2.15 bits per heavy atom. The number of nitrogens with one attached hydrogen (secondary N) is 3. The lowest BCUT2D eigenvalue weighted by Crippen LogP contribution is -2.35. The Morgan fingerprint density at radius 1 is 0.720 bits per heavy atom. The Morgan fingerprint density at radius 2 is 1.39 bits per heavy atom. The molecular weight excluding hydrogens is 1060 g/mol. The van der Waals surface area contributed by atoms with Crippen molar-refractivity contribution in [1.82, 2.24) is 28.8 Å². The number of hydrogen-bond donors (Lipinski definition) is 3. The number of esters is 1. The summed E-state index contributed by atoms with van der Waals surface area (Å²) in [6.07, 6.45) is 11.6. The monoisotopic (exact) mass is 1130 g/mol. The number of aliphatic imine (C=N–C) groups is 1. The molecule has 0 unspecified atom stereocenters. The molecule has 0 radical (unpaired) electrons. The molecule has 1 saturated heterocycles. The predicted molar refractivity (Wildman–Crippen MR) is 301 cm³/mol. The van der Waals surface area contributed by atoms with Crippen LogP contribution in [0, 0.1) is 12.8 Å². The zero-order valence-corrected chi connectivity index (χ0v) is 47.0. The topological polar surface area (TPSA) is 277 Å². The average molecular weight is 1130 g/mol. The zero-order valence-electron chi connectivity index (χ0n) is 47.0. The normalized spacial score (nSPS) is 14.9. The van der Waals surface area contributed by atoms with Gasteiger partial charge in [-0.2, -0.15) is 0 Å². The highest BCUT2D eigenvalue weighted by Crippen LogP contribution is 2.35. The van der Waals surface area contributed by atoms with Crippen molar-refractivity contribution in [3.05, 3.63) is 107 Å². The molecule has 6 heterocycles. The third-order valence-electron chi connectivity index (χ3n) is 13.9. The van der Waals surface area contributed by atoms with Gasteiger partial charge in [-0.05, 0) is 68.0 Å². The molecule has 3 aliphatic rings. The van der Waals surface area contributed by atoms with E-state index in [4.69, 9.17) is 18.9 Å². The van der Waals surface area contributed by atoms with Crippen LogP contribution >= 0.6 is 0 Å². The maximum atomic E-state index is 13.5. The third-order valence-corrected chi connectivity index (χ3v) is 13.9. The number of imide groups is 1. The van der Waals surface area contributed by atoms with Gasteiger partial charge in [-0.1, -0.05) is 19.1 Å². The van der Waals surface area contributed by atoms with Gasteiger partial charge < -0.3 is 53.5 Å². The zero-order chi connectivity index (χ0) is 59.0. The van der Waals surface area contributed by atoms with E-state index < -0.39 is 35.5 Å². The minimum atomic E-state index is -0.672. The van der Waals surface area contributed by atoms with Crippen LogP contribution in [0.3, 0.4) is 0 Å². The van der Waals surface area contributed by atoms with Crippen LogP contribution in [0.4, 0.5) is 17.1 Å². The summed E-state index contributed by atoms with van der Waals surface area (Å²) in [7, 11) is 5.05. The fourth-order valence-electron chi connectivity index (χ4n) is 9.55. The van der Waals surface area contributed by atoms with Crippen LogP contribution in [-0.4, -0.2) is 154 Å². The lowest BCUT2D eigenvalue weighted by molar-refractivity contribution is -0.149. The smallest absolute Gasteiger partial charge is 0.309 e. The van der Waals surface area contributed by atoms with Gasteiger partial charge in [0.1, 0.15) is 28.7 Å². The van der Waals surface area contributed by atoms with Crippen molar-refractivity contribution in [2.75, 3.05) is 69.9 Å². The van der Waals surface area contributed by atoms with Gasteiger partial charge in [0, 0.05) is 129 Å². The molecule has 0 spiro atoms. The first-order chi connectivity index (χ1) is 39.2.